The fourth-order valence-corrected chi connectivity index (χ4v) is 4.10. The number of nitrogens with zero attached hydrogens (tertiary/aromatic N) is 1. The zero-order chi connectivity index (χ0) is 33.8. The summed E-state index contributed by atoms with van der Waals surface area (Å²) in [6.07, 6.45) is -2.48. The first kappa shape index (κ1) is 34.0. The van der Waals surface area contributed by atoms with E-state index in [4.69, 9.17) is 18.9 Å². The summed E-state index contributed by atoms with van der Waals surface area (Å²) in [4.78, 5) is 54.9. The first-order chi connectivity index (χ1) is 22.5. The molecule has 0 saturated carbocycles. The molecule has 0 radical (unpaired) electrons. The van der Waals surface area contributed by atoms with E-state index in [1.165, 1.54) is 13.0 Å². The Bertz CT molecular complexity index is 1680. The van der Waals surface area contributed by atoms with Crippen molar-refractivity contribution in [1.82, 2.24) is 16.0 Å². The zero-order valence-electron chi connectivity index (χ0n) is 26.4. The summed E-state index contributed by atoms with van der Waals surface area (Å²) < 4.78 is 21.5. The number of aliphatic imine (C=N–C) groups is 1. The predicted molar refractivity (Wildman–Crippen MR) is 175 cm³/mol. The van der Waals surface area contributed by atoms with E-state index in [0.717, 1.165) is 11.1 Å². The fraction of sp³-hybridized carbons (Fsp3) is 0.229. The molecule has 0 unspecified atom stereocenters. The molecule has 12 nitrogen and oxygen atoms in total. The number of fused-ring (bicyclic) bond motifs is 1. The van der Waals surface area contributed by atoms with Crippen LogP contribution in [0, 0.1) is 0 Å². The fourth-order valence-electron chi connectivity index (χ4n) is 4.10. The van der Waals surface area contributed by atoms with Crippen LogP contribution in [0.2, 0.25) is 0 Å². The van der Waals surface area contributed by atoms with Crippen molar-refractivity contribution in [2.75, 3.05) is 0 Å². The Kier molecular flexibility index (Phi) is 11.5. The van der Waals surface area contributed by atoms with Gasteiger partial charge in [0.1, 0.15) is 30.6 Å². The molecule has 4 aromatic carbocycles. The van der Waals surface area contributed by atoms with Crippen molar-refractivity contribution in [3.63, 3.8) is 0 Å². The molecule has 0 aliphatic rings. The zero-order valence-corrected chi connectivity index (χ0v) is 26.4. The number of esters is 1. The maximum Gasteiger partial charge on any atom is 0.414 e. The number of amides is 3. The highest BCUT2D eigenvalue weighted by Gasteiger charge is 2.23. The molecule has 0 saturated heterocycles. The lowest BCUT2D eigenvalue weighted by Gasteiger charge is -2.21. The van der Waals surface area contributed by atoms with Gasteiger partial charge in [-0.2, -0.15) is 0 Å². The SMILES string of the molecule is C[C@H](NC(=O)OC(C)(C)C)C(=O)Oc1ccc(N=C(NC(=O)OCc2ccccc2)NC(=O)OCc2ccccc2)c2ccccc12. The molecule has 4 aromatic rings. The molecule has 3 amide bonds. The van der Waals surface area contributed by atoms with Gasteiger partial charge < -0.3 is 24.3 Å². The molecule has 0 aromatic heterocycles. The van der Waals surface area contributed by atoms with Gasteiger partial charge in [-0.25, -0.2) is 24.2 Å². The maximum absolute atomic E-state index is 12.8. The normalized spacial score (nSPS) is 11.4. The number of carbonyl (C=O) groups is 4. The van der Waals surface area contributed by atoms with E-state index in [2.05, 4.69) is 20.9 Å². The smallest absolute Gasteiger partial charge is 0.414 e. The summed E-state index contributed by atoms with van der Waals surface area (Å²) in [5, 5.41) is 8.42. The van der Waals surface area contributed by atoms with Crippen molar-refractivity contribution in [1.29, 1.82) is 0 Å². The van der Waals surface area contributed by atoms with Gasteiger partial charge in [-0.15, -0.1) is 0 Å². The van der Waals surface area contributed by atoms with E-state index >= 15 is 0 Å². The van der Waals surface area contributed by atoms with Crippen LogP contribution >= 0.6 is 0 Å². The van der Waals surface area contributed by atoms with Crippen LogP contribution in [0.15, 0.2) is 102 Å². The highest BCUT2D eigenvalue weighted by Crippen LogP contribution is 2.33. The summed E-state index contributed by atoms with van der Waals surface area (Å²) in [6, 6.07) is 27.2. The molecule has 3 N–H and O–H groups in total. The van der Waals surface area contributed by atoms with Gasteiger partial charge in [0, 0.05) is 10.8 Å². The molecule has 1 atom stereocenters. The van der Waals surface area contributed by atoms with Crippen LogP contribution in [-0.4, -0.2) is 41.9 Å². The third-order valence-corrected chi connectivity index (χ3v) is 6.26. The minimum atomic E-state index is -1.01. The summed E-state index contributed by atoms with van der Waals surface area (Å²) in [5.41, 5.74) is 1.12. The Morgan fingerprint density at radius 1 is 0.681 bits per heavy atom. The molecular formula is C35H36N4O8. The Hall–Kier alpha value is -5.91. The number of carbonyl (C=O) groups excluding carboxylic acids is 4. The summed E-state index contributed by atoms with van der Waals surface area (Å²) >= 11 is 0. The van der Waals surface area contributed by atoms with Crippen LogP contribution in [0.4, 0.5) is 20.1 Å². The van der Waals surface area contributed by atoms with E-state index < -0.39 is 35.9 Å². The number of hydrogen-bond donors (Lipinski definition) is 3. The molecular weight excluding hydrogens is 604 g/mol. The van der Waals surface area contributed by atoms with Gasteiger partial charge in [0.15, 0.2) is 0 Å². The van der Waals surface area contributed by atoms with E-state index in [1.54, 1.807) is 75.4 Å². The molecule has 0 aliphatic heterocycles. The Balaban J connectivity index is 1.54. The molecule has 0 fully saturated rings. The van der Waals surface area contributed by atoms with Crippen molar-refractivity contribution in [2.24, 2.45) is 4.99 Å². The topological polar surface area (TPSA) is 154 Å². The van der Waals surface area contributed by atoms with Crippen molar-refractivity contribution >= 4 is 46.7 Å². The lowest BCUT2D eigenvalue weighted by molar-refractivity contribution is -0.136. The molecule has 0 heterocycles. The maximum atomic E-state index is 12.8. The first-order valence-electron chi connectivity index (χ1n) is 14.7. The number of benzene rings is 4. The Morgan fingerprint density at radius 2 is 1.19 bits per heavy atom. The van der Waals surface area contributed by atoms with Gasteiger partial charge in [0.2, 0.25) is 5.96 Å². The number of hydrogen-bond acceptors (Lipinski definition) is 9. The van der Waals surface area contributed by atoms with E-state index in [-0.39, 0.29) is 24.9 Å². The molecule has 244 valence electrons. The number of nitrogens with one attached hydrogen (secondary N) is 3. The van der Waals surface area contributed by atoms with Crippen LogP contribution in [0.1, 0.15) is 38.8 Å². The highest BCUT2D eigenvalue weighted by molar-refractivity contribution is 6.05. The minimum Gasteiger partial charge on any atom is -0.444 e. The van der Waals surface area contributed by atoms with Crippen molar-refractivity contribution in [2.45, 2.75) is 52.6 Å². The molecule has 0 spiro atoms. The Morgan fingerprint density at radius 3 is 1.72 bits per heavy atom. The average molecular weight is 641 g/mol. The Labute approximate surface area is 272 Å². The van der Waals surface area contributed by atoms with Gasteiger partial charge >= 0.3 is 24.2 Å². The number of ether oxygens (including phenoxy) is 4. The summed E-state index contributed by atoms with van der Waals surface area (Å²) in [6.45, 7) is 6.59. The second-order valence-corrected chi connectivity index (χ2v) is 11.3. The summed E-state index contributed by atoms with van der Waals surface area (Å²) in [7, 11) is 0. The third-order valence-electron chi connectivity index (χ3n) is 6.26. The van der Waals surface area contributed by atoms with E-state index in [0.29, 0.717) is 16.5 Å². The molecule has 47 heavy (non-hydrogen) atoms. The van der Waals surface area contributed by atoms with Crippen molar-refractivity contribution < 1.29 is 38.1 Å². The van der Waals surface area contributed by atoms with E-state index in [1.807, 2.05) is 36.4 Å². The molecule has 0 bridgehead atoms. The van der Waals surface area contributed by atoms with Crippen LogP contribution in [0.5, 0.6) is 5.75 Å². The predicted octanol–water partition coefficient (Wildman–Crippen LogP) is 6.50. The molecule has 0 aliphatic carbocycles. The number of guanidine groups is 1. The second kappa shape index (κ2) is 15.9. The lowest BCUT2D eigenvalue weighted by atomic mass is 10.1. The monoisotopic (exact) mass is 640 g/mol. The van der Waals surface area contributed by atoms with Gasteiger partial charge in [0.05, 0.1) is 5.69 Å². The molecule has 4 rings (SSSR count). The van der Waals surface area contributed by atoms with Gasteiger partial charge in [0.25, 0.3) is 0 Å². The minimum absolute atomic E-state index is 0.0113. The van der Waals surface area contributed by atoms with E-state index in [9.17, 15) is 19.2 Å². The van der Waals surface area contributed by atoms with Gasteiger partial charge in [-0.1, -0.05) is 84.9 Å². The average Bonchev–Trinajstić information content (AvgIpc) is 3.04. The van der Waals surface area contributed by atoms with Crippen molar-refractivity contribution in [3.8, 4) is 5.75 Å². The third kappa shape index (κ3) is 10.9. The number of rotatable bonds is 8. The van der Waals surface area contributed by atoms with Gasteiger partial charge in [-0.05, 0) is 51.0 Å². The largest absolute Gasteiger partial charge is 0.444 e. The van der Waals surface area contributed by atoms with Crippen LogP contribution < -0.4 is 20.7 Å². The van der Waals surface area contributed by atoms with Crippen molar-refractivity contribution in [3.05, 3.63) is 108 Å². The first-order valence-corrected chi connectivity index (χ1v) is 14.7. The standard InChI is InChI=1S/C35H36N4O8/c1-23(36-34(43)47-35(2,3)4)30(40)46-29-20-19-28(26-17-11-12-18-27(26)29)37-31(38-32(41)44-21-24-13-7-5-8-14-24)39-33(42)45-22-25-15-9-6-10-16-25/h5-20,23H,21-22H2,1-4H3,(H,36,43)(H2,37,38,39,41,42)/t23-/m0/s1. The van der Waals surface area contributed by atoms with Crippen LogP contribution in [0.3, 0.4) is 0 Å². The molecule has 12 heteroatoms. The number of alkyl carbamates (subject to hydrolysis) is 3. The van der Waals surface area contributed by atoms with Crippen LogP contribution in [0.25, 0.3) is 10.8 Å². The quantitative estimate of drug-likeness (QED) is 0.0649. The highest BCUT2D eigenvalue weighted by atomic mass is 16.6. The second-order valence-electron chi connectivity index (χ2n) is 11.3. The lowest BCUT2D eigenvalue weighted by Crippen LogP contribution is -2.44. The summed E-state index contributed by atoms with van der Waals surface area (Å²) in [5.74, 6) is -0.774. The van der Waals surface area contributed by atoms with Crippen LogP contribution in [-0.2, 0) is 32.2 Å². The van der Waals surface area contributed by atoms with Gasteiger partial charge in [-0.3, -0.25) is 10.6 Å².